The van der Waals surface area contributed by atoms with Gasteiger partial charge in [-0.2, -0.15) is 0 Å². The summed E-state index contributed by atoms with van der Waals surface area (Å²) in [5, 5.41) is 3.42. The fourth-order valence-electron chi connectivity index (χ4n) is 1.67. The predicted molar refractivity (Wildman–Crippen MR) is 82.2 cm³/mol. The predicted octanol–water partition coefficient (Wildman–Crippen LogP) is 3.87. The molecule has 0 bridgehead atoms. The van der Waals surface area contributed by atoms with Crippen molar-refractivity contribution in [1.82, 2.24) is 10.3 Å². The highest BCUT2D eigenvalue weighted by atomic mass is 32.2. The van der Waals surface area contributed by atoms with Crippen LogP contribution in [0.4, 0.5) is 0 Å². The van der Waals surface area contributed by atoms with Crippen molar-refractivity contribution in [2.45, 2.75) is 37.1 Å². The van der Waals surface area contributed by atoms with Gasteiger partial charge in [0.2, 0.25) is 0 Å². The smallest absolute Gasteiger partial charge is 0.0506 e. The van der Waals surface area contributed by atoms with Gasteiger partial charge < -0.3 is 5.32 Å². The first-order valence-corrected chi connectivity index (χ1v) is 7.57. The molecule has 1 aromatic heterocycles. The standard InChI is InChI=1S/C16H20N2S/c1-13(2)18-11-14-6-8-16(9-7-14)19-12-15-5-3-4-10-17-15/h3-10,13,18H,11-12H2,1-2H3. The number of rotatable bonds is 6. The Morgan fingerprint density at radius 2 is 1.89 bits per heavy atom. The van der Waals surface area contributed by atoms with E-state index >= 15 is 0 Å². The van der Waals surface area contributed by atoms with Crippen LogP contribution in [0.1, 0.15) is 25.1 Å². The van der Waals surface area contributed by atoms with Gasteiger partial charge >= 0.3 is 0 Å². The SMILES string of the molecule is CC(C)NCc1ccc(SCc2ccccn2)cc1. The molecule has 19 heavy (non-hydrogen) atoms. The maximum Gasteiger partial charge on any atom is 0.0506 e. The summed E-state index contributed by atoms with van der Waals surface area (Å²) in [6, 6.07) is 15.3. The Balaban J connectivity index is 1.85. The van der Waals surface area contributed by atoms with Crippen LogP contribution < -0.4 is 5.32 Å². The largest absolute Gasteiger partial charge is 0.310 e. The molecule has 0 spiro atoms. The number of thioether (sulfide) groups is 1. The summed E-state index contributed by atoms with van der Waals surface area (Å²) in [5.74, 6) is 0.921. The third-order valence-electron chi connectivity index (χ3n) is 2.75. The van der Waals surface area contributed by atoms with Crippen LogP contribution in [-0.4, -0.2) is 11.0 Å². The van der Waals surface area contributed by atoms with Crippen molar-refractivity contribution in [1.29, 1.82) is 0 Å². The van der Waals surface area contributed by atoms with Crippen molar-refractivity contribution in [2.75, 3.05) is 0 Å². The minimum atomic E-state index is 0.526. The van der Waals surface area contributed by atoms with Crippen molar-refractivity contribution in [3.63, 3.8) is 0 Å². The van der Waals surface area contributed by atoms with E-state index in [0.717, 1.165) is 18.0 Å². The van der Waals surface area contributed by atoms with E-state index in [2.05, 4.69) is 54.5 Å². The Kier molecular flexibility index (Phi) is 5.43. The Hall–Kier alpha value is -1.32. The highest BCUT2D eigenvalue weighted by molar-refractivity contribution is 7.98. The van der Waals surface area contributed by atoms with Crippen LogP contribution in [0.25, 0.3) is 0 Å². The van der Waals surface area contributed by atoms with Crippen LogP contribution in [0.15, 0.2) is 53.6 Å². The van der Waals surface area contributed by atoms with E-state index in [1.165, 1.54) is 10.5 Å². The zero-order chi connectivity index (χ0) is 13.5. The second-order valence-corrected chi connectivity index (χ2v) is 5.84. The third kappa shape index (κ3) is 5.05. The summed E-state index contributed by atoms with van der Waals surface area (Å²) in [6.45, 7) is 5.26. The molecule has 0 saturated carbocycles. The number of aromatic nitrogens is 1. The fourth-order valence-corrected chi connectivity index (χ4v) is 2.48. The molecule has 100 valence electrons. The van der Waals surface area contributed by atoms with E-state index in [0.29, 0.717) is 6.04 Å². The Labute approximate surface area is 119 Å². The fraction of sp³-hybridized carbons (Fsp3) is 0.312. The van der Waals surface area contributed by atoms with Gasteiger partial charge in [-0.1, -0.05) is 32.0 Å². The molecule has 2 rings (SSSR count). The topological polar surface area (TPSA) is 24.9 Å². The first-order chi connectivity index (χ1) is 9.24. The van der Waals surface area contributed by atoms with Crippen LogP contribution >= 0.6 is 11.8 Å². The van der Waals surface area contributed by atoms with E-state index in [-0.39, 0.29) is 0 Å². The molecule has 0 aliphatic rings. The number of hydrogen-bond donors (Lipinski definition) is 1. The molecule has 2 aromatic rings. The number of pyridine rings is 1. The van der Waals surface area contributed by atoms with Gasteiger partial charge in [-0.3, -0.25) is 4.98 Å². The molecule has 0 unspecified atom stereocenters. The summed E-state index contributed by atoms with van der Waals surface area (Å²) >= 11 is 1.82. The molecule has 0 fully saturated rings. The second kappa shape index (κ2) is 7.31. The summed E-state index contributed by atoms with van der Waals surface area (Å²) < 4.78 is 0. The minimum absolute atomic E-state index is 0.526. The van der Waals surface area contributed by atoms with E-state index < -0.39 is 0 Å². The van der Waals surface area contributed by atoms with Crippen molar-refractivity contribution < 1.29 is 0 Å². The molecular weight excluding hydrogens is 252 g/mol. The molecular formula is C16H20N2S. The van der Waals surface area contributed by atoms with E-state index in [1.807, 2.05) is 30.1 Å². The van der Waals surface area contributed by atoms with Crippen molar-refractivity contribution in [3.05, 3.63) is 59.9 Å². The van der Waals surface area contributed by atoms with Gasteiger partial charge in [0.25, 0.3) is 0 Å². The van der Waals surface area contributed by atoms with Gasteiger partial charge in [0, 0.05) is 29.4 Å². The first-order valence-electron chi connectivity index (χ1n) is 6.59. The van der Waals surface area contributed by atoms with Crippen LogP contribution in [0.5, 0.6) is 0 Å². The normalized spacial score (nSPS) is 10.9. The summed E-state index contributed by atoms with van der Waals surface area (Å²) in [4.78, 5) is 5.62. The van der Waals surface area contributed by atoms with Gasteiger partial charge in [0.1, 0.15) is 0 Å². The molecule has 0 amide bonds. The van der Waals surface area contributed by atoms with Crippen LogP contribution in [-0.2, 0) is 12.3 Å². The summed E-state index contributed by atoms with van der Waals surface area (Å²) in [5.41, 5.74) is 2.45. The molecule has 1 heterocycles. The number of nitrogens with zero attached hydrogens (tertiary/aromatic N) is 1. The molecule has 1 N–H and O–H groups in total. The lowest BCUT2D eigenvalue weighted by Crippen LogP contribution is -2.21. The minimum Gasteiger partial charge on any atom is -0.310 e. The van der Waals surface area contributed by atoms with E-state index in [9.17, 15) is 0 Å². The zero-order valence-corrected chi connectivity index (χ0v) is 12.3. The number of benzene rings is 1. The van der Waals surface area contributed by atoms with Crippen molar-refractivity contribution >= 4 is 11.8 Å². The van der Waals surface area contributed by atoms with Crippen LogP contribution in [0.3, 0.4) is 0 Å². The van der Waals surface area contributed by atoms with E-state index in [4.69, 9.17) is 0 Å². The maximum absolute atomic E-state index is 4.33. The van der Waals surface area contributed by atoms with Crippen LogP contribution in [0, 0.1) is 0 Å². The number of nitrogens with one attached hydrogen (secondary N) is 1. The third-order valence-corrected chi connectivity index (χ3v) is 3.80. The summed E-state index contributed by atoms with van der Waals surface area (Å²) in [7, 11) is 0. The highest BCUT2D eigenvalue weighted by Gasteiger charge is 1.99. The maximum atomic E-state index is 4.33. The first kappa shape index (κ1) is 14.1. The van der Waals surface area contributed by atoms with Gasteiger partial charge in [0.15, 0.2) is 0 Å². The monoisotopic (exact) mass is 272 g/mol. The van der Waals surface area contributed by atoms with E-state index in [1.54, 1.807) is 0 Å². The Bertz CT molecular complexity index is 480. The second-order valence-electron chi connectivity index (χ2n) is 4.79. The quantitative estimate of drug-likeness (QED) is 0.808. The molecule has 0 atom stereocenters. The average molecular weight is 272 g/mol. The lowest BCUT2D eigenvalue weighted by molar-refractivity contribution is 0.588. The van der Waals surface area contributed by atoms with Gasteiger partial charge in [-0.05, 0) is 29.8 Å². The van der Waals surface area contributed by atoms with Crippen LogP contribution in [0.2, 0.25) is 0 Å². The lowest BCUT2D eigenvalue weighted by Gasteiger charge is -2.08. The molecule has 3 heteroatoms. The van der Waals surface area contributed by atoms with Crippen molar-refractivity contribution in [3.8, 4) is 0 Å². The highest BCUT2D eigenvalue weighted by Crippen LogP contribution is 2.22. The van der Waals surface area contributed by atoms with Crippen molar-refractivity contribution in [2.24, 2.45) is 0 Å². The molecule has 0 aliphatic heterocycles. The van der Waals surface area contributed by atoms with Gasteiger partial charge in [-0.15, -0.1) is 11.8 Å². The molecule has 2 nitrogen and oxygen atoms in total. The van der Waals surface area contributed by atoms with Gasteiger partial charge in [0.05, 0.1) is 5.69 Å². The molecule has 0 saturated heterocycles. The lowest BCUT2D eigenvalue weighted by atomic mass is 10.2. The Morgan fingerprint density at radius 3 is 2.53 bits per heavy atom. The zero-order valence-electron chi connectivity index (χ0n) is 11.5. The summed E-state index contributed by atoms with van der Waals surface area (Å²) in [6.07, 6.45) is 1.84. The number of hydrogen-bond acceptors (Lipinski definition) is 3. The molecule has 0 radical (unpaired) electrons. The average Bonchev–Trinajstić information content (AvgIpc) is 2.45. The molecule has 1 aromatic carbocycles. The Morgan fingerprint density at radius 1 is 1.11 bits per heavy atom. The molecule has 0 aliphatic carbocycles. The van der Waals surface area contributed by atoms with Gasteiger partial charge in [-0.25, -0.2) is 0 Å².